The van der Waals surface area contributed by atoms with Crippen molar-refractivity contribution < 1.29 is 28.2 Å². The van der Waals surface area contributed by atoms with E-state index in [1.807, 2.05) is 0 Å². The maximum Gasteiger partial charge on any atom is 0.331 e. The standard InChI is InChI=1S/C13H13F2NO4/c14-7-3-4-9(15)8(6-7)11(13(18)19)16-12(17)10-2-1-5-20-10/h3-4,6,10-11H,1-2,5H2,(H,16,17)(H,18,19). The molecule has 2 rings (SSSR count). The highest BCUT2D eigenvalue weighted by Gasteiger charge is 2.30. The molecule has 20 heavy (non-hydrogen) atoms. The fraction of sp³-hybridized carbons (Fsp3) is 0.385. The number of carbonyl (C=O) groups is 2. The summed E-state index contributed by atoms with van der Waals surface area (Å²) < 4.78 is 31.8. The van der Waals surface area contributed by atoms with Gasteiger partial charge in [0.15, 0.2) is 6.04 Å². The van der Waals surface area contributed by atoms with Crippen LogP contribution < -0.4 is 5.32 Å². The third kappa shape index (κ3) is 3.11. The molecule has 1 fully saturated rings. The molecule has 0 spiro atoms. The monoisotopic (exact) mass is 285 g/mol. The van der Waals surface area contributed by atoms with Crippen molar-refractivity contribution in [2.75, 3.05) is 6.61 Å². The highest BCUT2D eigenvalue weighted by molar-refractivity contribution is 5.87. The number of halogens is 2. The number of amides is 1. The van der Waals surface area contributed by atoms with Gasteiger partial charge in [-0.25, -0.2) is 13.6 Å². The zero-order valence-corrected chi connectivity index (χ0v) is 10.4. The first-order valence-corrected chi connectivity index (χ1v) is 6.09. The summed E-state index contributed by atoms with van der Waals surface area (Å²) in [4.78, 5) is 23.0. The third-order valence-corrected chi connectivity index (χ3v) is 3.02. The molecule has 0 saturated carbocycles. The molecule has 0 aromatic heterocycles. The van der Waals surface area contributed by atoms with Gasteiger partial charge in [-0.1, -0.05) is 0 Å². The minimum atomic E-state index is -1.65. The zero-order chi connectivity index (χ0) is 14.7. The minimum absolute atomic E-state index is 0.421. The number of benzene rings is 1. The van der Waals surface area contributed by atoms with Crippen molar-refractivity contribution in [3.05, 3.63) is 35.4 Å². The summed E-state index contributed by atoms with van der Waals surface area (Å²) in [6.07, 6.45) is 0.432. The van der Waals surface area contributed by atoms with Crippen molar-refractivity contribution >= 4 is 11.9 Å². The van der Waals surface area contributed by atoms with Gasteiger partial charge in [0, 0.05) is 12.2 Å². The lowest BCUT2D eigenvalue weighted by Crippen LogP contribution is -2.40. The smallest absolute Gasteiger partial charge is 0.331 e. The first kappa shape index (κ1) is 14.4. The summed E-state index contributed by atoms with van der Waals surface area (Å²) in [7, 11) is 0. The van der Waals surface area contributed by atoms with Crippen LogP contribution in [0.3, 0.4) is 0 Å². The van der Waals surface area contributed by atoms with Gasteiger partial charge in [-0.2, -0.15) is 0 Å². The maximum absolute atomic E-state index is 13.6. The summed E-state index contributed by atoms with van der Waals surface area (Å²) >= 11 is 0. The molecule has 108 valence electrons. The van der Waals surface area contributed by atoms with E-state index in [1.54, 1.807) is 0 Å². The van der Waals surface area contributed by atoms with Crippen LogP contribution in [0, 0.1) is 11.6 Å². The Labute approximate surface area is 113 Å². The Morgan fingerprint density at radius 1 is 1.40 bits per heavy atom. The molecule has 2 N–H and O–H groups in total. The van der Waals surface area contributed by atoms with E-state index in [2.05, 4.69) is 5.32 Å². The summed E-state index contributed by atoms with van der Waals surface area (Å²) in [5.41, 5.74) is -0.427. The zero-order valence-electron chi connectivity index (χ0n) is 10.4. The summed E-state index contributed by atoms with van der Waals surface area (Å²) in [6.45, 7) is 0.421. The number of carbonyl (C=O) groups excluding carboxylic acids is 1. The van der Waals surface area contributed by atoms with Gasteiger partial charge in [0.05, 0.1) is 0 Å². The van der Waals surface area contributed by atoms with Crippen LogP contribution in [-0.2, 0) is 14.3 Å². The lowest BCUT2D eigenvalue weighted by Gasteiger charge is -2.18. The molecule has 5 nitrogen and oxygen atoms in total. The molecule has 7 heteroatoms. The van der Waals surface area contributed by atoms with Crippen LogP contribution >= 0.6 is 0 Å². The molecule has 0 aliphatic carbocycles. The van der Waals surface area contributed by atoms with Crippen LogP contribution in [0.15, 0.2) is 18.2 Å². The number of nitrogens with one attached hydrogen (secondary N) is 1. The van der Waals surface area contributed by atoms with Crippen LogP contribution in [0.25, 0.3) is 0 Å². The van der Waals surface area contributed by atoms with E-state index in [1.165, 1.54) is 0 Å². The van der Waals surface area contributed by atoms with E-state index in [0.29, 0.717) is 19.4 Å². The summed E-state index contributed by atoms with van der Waals surface area (Å²) in [5, 5.41) is 11.3. The van der Waals surface area contributed by atoms with Crippen LogP contribution in [0.5, 0.6) is 0 Å². The van der Waals surface area contributed by atoms with Crippen molar-refractivity contribution in [3.63, 3.8) is 0 Å². The number of aliphatic carboxylic acids is 1. The van der Waals surface area contributed by atoms with Crippen LogP contribution in [0.2, 0.25) is 0 Å². The Morgan fingerprint density at radius 2 is 2.15 bits per heavy atom. The van der Waals surface area contributed by atoms with Crippen molar-refractivity contribution in [1.29, 1.82) is 0 Å². The van der Waals surface area contributed by atoms with E-state index in [9.17, 15) is 18.4 Å². The highest BCUT2D eigenvalue weighted by atomic mass is 19.1. The van der Waals surface area contributed by atoms with E-state index in [0.717, 1.165) is 18.2 Å². The summed E-state index contributed by atoms with van der Waals surface area (Å²) in [6, 6.07) is 0.796. The molecule has 1 aliphatic rings. The molecule has 1 saturated heterocycles. The van der Waals surface area contributed by atoms with E-state index >= 15 is 0 Å². The van der Waals surface area contributed by atoms with Crippen molar-refractivity contribution in [2.24, 2.45) is 0 Å². The molecule has 1 amide bonds. The molecular formula is C13H13F2NO4. The molecule has 1 aliphatic heterocycles. The average molecular weight is 285 g/mol. The Morgan fingerprint density at radius 3 is 2.75 bits per heavy atom. The first-order chi connectivity index (χ1) is 9.49. The Hall–Kier alpha value is -2.02. The van der Waals surface area contributed by atoms with Gasteiger partial charge in [-0.15, -0.1) is 0 Å². The quantitative estimate of drug-likeness (QED) is 0.876. The van der Waals surface area contributed by atoms with E-state index in [-0.39, 0.29) is 0 Å². The van der Waals surface area contributed by atoms with Crippen LogP contribution in [-0.4, -0.2) is 29.7 Å². The lowest BCUT2D eigenvalue weighted by atomic mass is 10.1. The predicted molar refractivity (Wildman–Crippen MR) is 63.9 cm³/mol. The number of hydrogen-bond donors (Lipinski definition) is 2. The highest BCUT2D eigenvalue weighted by Crippen LogP contribution is 2.20. The average Bonchev–Trinajstić information content (AvgIpc) is 2.92. The molecule has 0 bridgehead atoms. The van der Waals surface area contributed by atoms with Gasteiger partial charge < -0.3 is 15.2 Å². The topological polar surface area (TPSA) is 75.6 Å². The molecule has 2 atom stereocenters. The fourth-order valence-electron chi connectivity index (χ4n) is 2.03. The van der Waals surface area contributed by atoms with Gasteiger partial charge in [-0.05, 0) is 31.0 Å². The number of carboxylic acids is 1. The van der Waals surface area contributed by atoms with Gasteiger partial charge in [-0.3, -0.25) is 4.79 Å². The first-order valence-electron chi connectivity index (χ1n) is 6.09. The molecular weight excluding hydrogens is 272 g/mol. The predicted octanol–water partition coefficient (Wildman–Crippen LogP) is 1.39. The van der Waals surface area contributed by atoms with E-state index < -0.39 is 41.2 Å². The number of rotatable bonds is 4. The third-order valence-electron chi connectivity index (χ3n) is 3.02. The molecule has 0 radical (unpaired) electrons. The second-order valence-corrected chi connectivity index (χ2v) is 4.45. The van der Waals surface area contributed by atoms with Crippen molar-refractivity contribution in [2.45, 2.75) is 25.0 Å². The number of carboxylic acid groups (broad SMARTS) is 1. The normalized spacial score (nSPS) is 19.6. The second kappa shape index (κ2) is 5.96. The minimum Gasteiger partial charge on any atom is -0.479 e. The SMILES string of the molecule is O=C(NC(C(=O)O)c1cc(F)ccc1F)C1CCCO1. The van der Waals surface area contributed by atoms with Gasteiger partial charge >= 0.3 is 5.97 Å². The molecule has 1 aromatic carbocycles. The Kier molecular flexibility index (Phi) is 4.29. The maximum atomic E-state index is 13.6. The van der Waals surface area contributed by atoms with Crippen LogP contribution in [0.4, 0.5) is 8.78 Å². The second-order valence-electron chi connectivity index (χ2n) is 4.45. The van der Waals surface area contributed by atoms with Crippen molar-refractivity contribution in [1.82, 2.24) is 5.32 Å². The van der Waals surface area contributed by atoms with Gasteiger partial charge in [0.1, 0.15) is 17.7 Å². The van der Waals surface area contributed by atoms with Crippen molar-refractivity contribution in [3.8, 4) is 0 Å². The van der Waals surface area contributed by atoms with Gasteiger partial charge in [0.25, 0.3) is 0 Å². The number of ether oxygens (including phenoxy) is 1. The lowest BCUT2D eigenvalue weighted by molar-refractivity contribution is -0.143. The Balaban J connectivity index is 2.20. The number of hydrogen-bond acceptors (Lipinski definition) is 3. The molecule has 1 heterocycles. The summed E-state index contributed by atoms with van der Waals surface area (Å²) in [5.74, 6) is -3.79. The fourth-order valence-corrected chi connectivity index (χ4v) is 2.03. The largest absolute Gasteiger partial charge is 0.479 e. The van der Waals surface area contributed by atoms with E-state index in [4.69, 9.17) is 9.84 Å². The molecule has 1 aromatic rings. The Bertz CT molecular complexity index is 529. The molecule has 2 unspecified atom stereocenters. The van der Waals surface area contributed by atoms with Crippen LogP contribution in [0.1, 0.15) is 24.4 Å². The van der Waals surface area contributed by atoms with Gasteiger partial charge in [0.2, 0.25) is 5.91 Å².